The van der Waals surface area contributed by atoms with Crippen molar-refractivity contribution >= 4 is 5.97 Å². The van der Waals surface area contributed by atoms with E-state index in [0.717, 1.165) is 22.7 Å². The van der Waals surface area contributed by atoms with Crippen LogP contribution in [0.4, 0.5) is 0 Å². The van der Waals surface area contributed by atoms with Crippen LogP contribution in [0, 0.1) is 5.92 Å². The van der Waals surface area contributed by atoms with E-state index in [9.17, 15) is 4.79 Å². The molecule has 3 aliphatic rings. The number of allylic oxidation sites excluding steroid dienone is 1. The lowest BCUT2D eigenvalue weighted by molar-refractivity contribution is -0.138. The smallest absolute Gasteiger partial charge is 0.322 e. The molecule has 3 aliphatic heterocycles. The lowest BCUT2D eigenvalue weighted by atomic mass is 9.91. The van der Waals surface area contributed by atoms with Crippen molar-refractivity contribution in [3.63, 3.8) is 0 Å². The standard InChI is InChI=1S/C9H8O3/c1-3-5-8-7(12-9(5)10)4(2)6(3)11-8/h5,8H,1-2H3/t5-,8-/m0/s1. The van der Waals surface area contributed by atoms with Gasteiger partial charge in [0.1, 0.15) is 11.7 Å². The third-order valence-electron chi connectivity index (χ3n) is 2.81. The molecule has 2 bridgehead atoms. The minimum Gasteiger partial charge on any atom is -0.481 e. The molecule has 0 saturated carbocycles. The Kier molecular flexibility index (Phi) is 0.827. The number of carbonyl (C=O) groups is 1. The fourth-order valence-corrected chi connectivity index (χ4v) is 2.18. The molecule has 0 spiro atoms. The summed E-state index contributed by atoms with van der Waals surface area (Å²) in [4.78, 5) is 11.3. The van der Waals surface area contributed by atoms with Crippen molar-refractivity contribution in [1.82, 2.24) is 0 Å². The van der Waals surface area contributed by atoms with E-state index in [-0.39, 0.29) is 18.0 Å². The summed E-state index contributed by atoms with van der Waals surface area (Å²) in [6, 6.07) is 0. The predicted octanol–water partition coefficient (Wildman–Crippen LogP) is 1.12. The largest absolute Gasteiger partial charge is 0.481 e. The van der Waals surface area contributed by atoms with E-state index in [2.05, 4.69) is 0 Å². The lowest BCUT2D eigenvalue weighted by Crippen LogP contribution is -2.17. The van der Waals surface area contributed by atoms with Gasteiger partial charge in [-0.3, -0.25) is 4.79 Å². The Morgan fingerprint density at radius 3 is 2.75 bits per heavy atom. The summed E-state index contributed by atoms with van der Waals surface area (Å²) in [5, 5.41) is 0. The number of rotatable bonds is 0. The Morgan fingerprint density at radius 2 is 2.08 bits per heavy atom. The molecule has 12 heavy (non-hydrogen) atoms. The Morgan fingerprint density at radius 1 is 1.33 bits per heavy atom. The topological polar surface area (TPSA) is 35.5 Å². The van der Waals surface area contributed by atoms with Gasteiger partial charge in [0.15, 0.2) is 11.9 Å². The van der Waals surface area contributed by atoms with Gasteiger partial charge >= 0.3 is 5.97 Å². The van der Waals surface area contributed by atoms with E-state index in [1.165, 1.54) is 0 Å². The summed E-state index contributed by atoms with van der Waals surface area (Å²) in [6.07, 6.45) is -0.118. The average molecular weight is 164 g/mol. The monoisotopic (exact) mass is 164 g/mol. The van der Waals surface area contributed by atoms with Gasteiger partial charge in [0.2, 0.25) is 0 Å². The van der Waals surface area contributed by atoms with Crippen LogP contribution in [0.15, 0.2) is 22.7 Å². The fourth-order valence-electron chi connectivity index (χ4n) is 2.18. The minimum atomic E-state index is -0.153. The van der Waals surface area contributed by atoms with Crippen LogP contribution in [-0.2, 0) is 14.3 Å². The van der Waals surface area contributed by atoms with Crippen LogP contribution in [0.25, 0.3) is 0 Å². The number of esters is 1. The lowest BCUT2D eigenvalue weighted by Gasteiger charge is -2.03. The van der Waals surface area contributed by atoms with Gasteiger partial charge in [-0.15, -0.1) is 0 Å². The van der Waals surface area contributed by atoms with Crippen LogP contribution in [0.5, 0.6) is 0 Å². The molecule has 3 heteroatoms. The number of fused-ring (bicyclic) bond motifs is 1. The van der Waals surface area contributed by atoms with Gasteiger partial charge in [-0.25, -0.2) is 0 Å². The molecule has 0 amide bonds. The van der Waals surface area contributed by atoms with E-state index >= 15 is 0 Å². The summed E-state index contributed by atoms with van der Waals surface area (Å²) >= 11 is 0. The van der Waals surface area contributed by atoms with Crippen LogP contribution in [0.3, 0.4) is 0 Å². The summed E-state index contributed by atoms with van der Waals surface area (Å²) < 4.78 is 10.6. The second-order valence-electron chi connectivity index (χ2n) is 3.44. The molecule has 3 heterocycles. The Balaban J connectivity index is 2.30. The summed E-state index contributed by atoms with van der Waals surface area (Å²) in [5.41, 5.74) is 2.03. The molecule has 1 saturated heterocycles. The van der Waals surface area contributed by atoms with Crippen LogP contribution in [0.1, 0.15) is 13.8 Å². The van der Waals surface area contributed by atoms with Crippen molar-refractivity contribution in [2.45, 2.75) is 20.0 Å². The van der Waals surface area contributed by atoms with Gasteiger partial charge in [-0.05, 0) is 19.4 Å². The predicted molar refractivity (Wildman–Crippen MR) is 39.9 cm³/mol. The van der Waals surface area contributed by atoms with Crippen molar-refractivity contribution in [2.24, 2.45) is 5.92 Å². The van der Waals surface area contributed by atoms with Gasteiger partial charge in [0, 0.05) is 5.57 Å². The average Bonchev–Trinajstić information content (AvgIpc) is 2.56. The molecular weight excluding hydrogens is 156 g/mol. The molecular formula is C9H8O3. The zero-order valence-electron chi connectivity index (χ0n) is 6.88. The number of hydrogen-bond acceptors (Lipinski definition) is 3. The van der Waals surface area contributed by atoms with Gasteiger partial charge in [-0.1, -0.05) is 0 Å². The third kappa shape index (κ3) is 0.435. The second-order valence-corrected chi connectivity index (χ2v) is 3.44. The maximum absolute atomic E-state index is 11.3. The normalized spacial score (nSPS) is 36.3. The van der Waals surface area contributed by atoms with Crippen molar-refractivity contribution in [1.29, 1.82) is 0 Å². The van der Waals surface area contributed by atoms with E-state index < -0.39 is 0 Å². The van der Waals surface area contributed by atoms with Crippen LogP contribution in [0.2, 0.25) is 0 Å². The molecule has 0 unspecified atom stereocenters. The molecule has 0 radical (unpaired) electrons. The maximum atomic E-state index is 11.3. The highest BCUT2D eigenvalue weighted by atomic mass is 16.6. The van der Waals surface area contributed by atoms with E-state index in [0.29, 0.717) is 0 Å². The van der Waals surface area contributed by atoms with E-state index in [4.69, 9.17) is 9.47 Å². The molecule has 2 atom stereocenters. The van der Waals surface area contributed by atoms with Gasteiger partial charge in [-0.2, -0.15) is 0 Å². The molecule has 0 N–H and O–H groups in total. The zero-order valence-corrected chi connectivity index (χ0v) is 6.88. The summed E-state index contributed by atoms with van der Waals surface area (Å²) in [5.74, 6) is 1.33. The highest BCUT2D eigenvalue weighted by molar-refractivity contribution is 5.84. The number of carbonyl (C=O) groups excluding carboxylic acids is 1. The zero-order chi connectivity index (χ0) is 8.46. The molecule has 3 rings (SSSR count). The molecule has 1 fully saturated rings. The first-order valence-corrected chi connectivity index (χ1v) is 4.00. The van der Waals surface area contributed by atoms with Crippen LogP contribution in [-0.4, -0.2) is 12.1 Å². The number of ether oxygens (including phenoxy) is 2. The molecule has 0 aromatic rings. The van der Waals surface area contributed by atoms with Crippen molar-refractivity contribution in [3.8, 4) is 0 Å². The summed E-state index contributed by atoms with van der Waals surface area (Å²) in [6.45, 7) is 3.87. The van der Waals surface area contributed by atoms with Crippen molar-refractivity contribution in [3.05, 3.63) is 22.7 Å². The molecule has 62 valence electrons. The van der Waals surface area contributed by atoms with Crippen molar-refractivity contribution < 1.29 is 14.3 Å². The first-order valence-electron chi connectivity index (χ1n) is 4.00. The minimum absolute atomic E-state index is 0.118. The SMILES string of the molecule is CC1=C2OC(=O)[C@H]3C(C)=C1O[C@H]23. The van der Waals surface area contributed by atoms with Crippen LogP contribution < -0.4 is 0 Å². The quantitative estimate of drug-likeness (QED) is 0.503. The first-order chi connectivity index (χ1) is 5.70. The maximum Gasteiger partial charge on any atom is 0.322 e. The van der Waals surface area contributed by atoms with Crippen molar-refractivity contribution in [2.75, 3.05) is 0 Å². The number of hydrogen-bond donors (Lipinski definition) is 0. The van der Waals surface area contributed by atoms with Crippen LogP contribution >= 0.6 is 0 Å². The summed E-state index contributed by atoms with van der Waals surface area (Å²) in [7, 11) is 0. The second kappa shape index (κ2) is 1.58. The Hall–Kier alpha value is -1.25. The Labute approximate surface area is 69.7 Å². The Bertz CT molecular complexity index is 362. The third-order valence-corrected chi connectivity index (χ3v) is 2.81. The van der Waals surface area contributed by atoms with Gasteiger partial charge in [0.05, 0.1) is 0 Å². The van der Waals surface area contributed by atoms with Gasteiger partial charge in [0.25, 0.3) is 0 Å². The highest BCUT2D eigenvalue weighted by Crippen LogP contribution is 2.50. The van der Waals surface area contributed by atoms with E-state index in [1.807, 2.05) is 13.8 Å². The first kappa shape index (κ1) is 6.29. The molecule has 0 aromatic carbocycles. The van der Waals surface area contributed by atoms with E-state index in [1.54, 1.807) is 0 Å². The highest BCUT2D eigenvalue weighted by Gasteiger charge is 2.55. The molecule has 3 nitrogen and oxygen atoms in total. The molecule has 0 aliphatic carbocycles. The fraction of sp³-hybridized carbons (Fsp3) is 0.444. The molecule has 0 aromatic heterocycles. The van der Waals surface area contributed by atoms with Gasteiger partial charge < -0.3 is 9.47 Å².